The van der Waals surface area contributed by atoms with Gasteiger partial charge in [0.25, 0.3) is 0 Å². The number of anilines is 1. The average Bonchev–Trinajstić information content (AvgIpc) is 2.93. The van der Waals surface area contributed by atoms with E-state index >= 15 is 4.39 Å². The van der Waals surface area contributed by atoms with Crippen molar-refractivity contribution in [2.75, 3.05) is 45.3 Å². The van der Waals surface area contributed by atoms with Gasteiger partial charge in [-0.15, -0.1) is 0 Å². The van der Waals surface area contributed by atoms with E-state index < -0.39 is 11.4 Å². The van der Waals surface area contributed by atoms with Crippen LogP contribution in [0.3, 0.4) is 0 Å². The van der Waals surface area contributed by atoms with Gasteiger partial charge in [-0.25, -0.2) is 24.1 Å². The number of carbonyl (C=O) groups is 1. The van der Waals surface area contributed by atoms with Crippen LogP contribution in [0.25, 0.3) is 32.8 Å². The Labute approximate surface area is 236 Å². The van der Waals surface area contributed by atoms with Gasteiger partial charge in [0.1, 0.15) is 23.3 Å². The normalized spacial score (nSPS) is 14.1. The molecule has 0 radical (unpaired) electrons. The maximum absolute atomic E-state index is 16.6. The Bertz CT molecular complexity index is 1620. The van der Waals surface area contributed by atoms with Gasteiger partial charge in [0, 0.05) is 43.5 Å². The number of carbonyl (C=O) groups excluding carboxylic acids is 1. The van der Waals surface area contributed by atoms with Crippen molar-refractivity contribution < 1.29 is 23.4 Å². The lowest BCUT2D eigenvalue weighted by molar-refractivity contribution is 0.0240. The summed E-state index contributed by atoms with van der Waals surface area (Å²) in [5.41, 5.74) is 0.985. The number of pyridine rings is 1. The van der Waals surface area contributed by atoms with Crippen molar-refractivity contribution in [1.29, 1.82) is 0 Å². The van der Waals surface area contributed by atoms with Gasteiger partial charge >= 0.3 is 6.09 Å². The molecule has 0 bridgehead atoms. The van der Waals surface area contributed by atoms with Crippen LogP contribution in [0.2, 0.25) is 5.02 Å². The standard InChI is InChI=1S/C29H31ClFN5O4/c1-16-7-8-17-9-10-32-27(39-6)19(17)18(16)20-22(30)25(38-5)21-24(23(20)31)33-15-34-26(21)35-11-13-36(14-12-35)28(37)40-29(2,3)4/h7-10,15H,11-14H2,1-6H3. The molecule has 40 heavy (non-hydrogen) atoms. The molecule has 3 heterocycles. The second-order valence-corrected chi connectivity index (χ2v) is 11.0. The molecule has 0 unspecified atom stereocenters. The summed E-state index contributed by atoms with van der Waals surface area (Å²) in [6.45, 7) is 9.13. The van der Waals surface area contributed by atoms with Gasteiger partial charge in [0.2, 0.25) is 5.88 Å². The third kappa shape index (κ3) is 4.81. The fourth-order valence-corrected chi connectivity index (χ4v) is 5.44. The minimum Gasteiger partial charge on any atom is -0.494 e. The number of amides is 1. The highest BCUT2D eigenvalue weighted by Crippen LogP contribution is 2.49. The van der Waals surface area contributed by atoms with Crippen molar-refractivity contribution in [3.8, 4) is 22.8 Å². The molecule has 210 valence electrons. The summed E-state index contributed by atoms with van der Waals surface area (Å²) in [7, 11) is 3.01. The summed E-state index contributed by atoms with van der Waals surface area (Å²) < 4.78 is 33.4. The van der Waals surface area contributed by atoms with Crippen LogP contribution in [0, 0.1) is 12.7 Å². The smallest absolute Gasteiger partial charge is 0.410 e. The Kier molecular flexibility index (Phi) is 7.31. The van der Waals surface area contributed by atoms with E-state index in [-0.39, 0.29) is 27.9 Å². The first-order valence-corrected chi connectivity index (χ1v) is 13.3. The molecule has 1 amide bonds. The maximum atomic E-state index is 16.6. The van der Waals surface area contributed by atoms with E-state index in [1.807, 2.05) is 50.8 Å². The van der Waals surface area contributed by atoms with E-state index in [9.17, 15) is 4.79 Å². The summed E-state index contributed by atoms with van der Waals surface area (Å²) in [6.07, 6.45) is 2.60. The fraction of sp³-hybridized carbons (Fsp3) is 0.379. The molecule has 0 saturated carbocycles. The Morgan fingerprint density at radius 1 is 0.975 bits per heavy atom. The van der Waals surface area contributed by atoms with Crippen LogP contribution in [-0.2, 0) is 4.74 Å². The molecular formula is C29H31ClFN5O4. The summed E-state index contributed by atoms with van der Waals surface area (Å²) in [5, 5.41) is 1.93. The molecule has 1 aliphatic heterocycles. The number of rotatable bonds is 4. The number of benzene rings is 2. The Hall–Kier alpha value is -3.92. The molecule has 1 fully saturated rings. The van der Waals surface area contributed by atoms with Gasteiger partial charge in [0.05, 0.1) is 30.0 Å². The minimum absolute atomic E-state index is 0.0788. The van der Waals surface area contributed by atoms with Crippen molar-refractivity contribution in [2.45, 2.75) is 33.3 Å². The van der Waals surface area contributed by atoms with E-state index in [1.54, 1.807) is 11.1 Å². The van der Waals surface area contributed by atoms with E-state index in [0.29, 0.717) is 54.2 Å². The summed E-state index contributed by atoms with van der Waals surface area (Å²) in [4.78, 5) is 29.3. The number of hydrogen-bond donors (Lipinski definition) is 0. The van der Waals surface area contributed by atoms with Crippen molar-refractivity contribution in [1.82, 2.24) is 19.9 Å². The summed E-state index contributed by atoms with van der Waals surface area (Å²) in [6, 6.07) is 5.67. The number of halogens is 2. The highest BCUT2D eigenvalue weighted by atomic mass is 35.5. The molecule has 9 nitrogen and oxygen atoms in total. The third-order valence-corrected chi connectivity index (χ3v) is 7.25. The lowest BCUT2D eigenvalue weighted by Crippen LogP contribution is -2.50. The zero-order valence-corrected chi connectivity index (χ0v) is 24.1. The zero-order chi connectivity index (χ0) is 28.8. The van der Waals surface area contributed by atoms with Crippen molar-refractivity contribution in [3.05, 3.63) is 47.1 Å². The van der Waals surface area contributed by atoms with Gasteiger partial charge in [-0.05, 0) is 44.7 Å². The number of methoxy groups -OCH3 is 2. The SMILES string of the molecule is COc1nccc2ccc(C)c(-c3c(Cl)c(OC)c4c(N5CCN(C(=O)OC(C)(C)C)CC5)ncnc4c3F)c12. The highest BCUT2D eigenvalue weighted by Gasteiger charge is 2.31. The van der Waals surface area contributed by atoms with E-state index in [2.05, 4.69) is 15.0 Å². The Balaban J connectivity index is 1.63. The number of aryl methyl sites for hydroxylation is 1. The molecule has 0 spiro atoms. The van der Waals surface area contributed by atoms with Crippen LogP contribution in [0.4, 0.5) is 15.0 Å². The number of nitrogens with zero attached hydrogens (tertiary/aromatic N) is 5. The predicted octanol–water partition coefficient (Wildman–Crippen LogP) is 6.02. The lowest BCUT2D eigenvalue weighted by atomic mass is 9.93. The first kappa shape index (κ1) is 27.6. The number of aromatic nitrogens is 3. The third-order valence-electron chi connectivity index (χ3n) is 6.88. The van der Waals surface area contributed by atoms with Crippen molar-refractivity contribution >= 4 is 45.2 Å². The fourth-order valence-electron chi connectivity index (χ4n) is 5.09. The Morgan fingerprint density at radius 3 is 2.35 bits per heavy atom. The predicted molar refractivity (Wildman–Crippen MR) is 153 cm³/mol. The van der Waals surface area contributed by atoms with Gasteiger partial charge in [-0.2, -0.15) is 0 Å². The average molecular weight is 568 g/mol. The van der Waals surface area contributed by atoms with Gasteiger partial charge < -0.3 is 24.0 Å². The number of hydrogen-bond acceptors (Lipinski definition) is 8. The van der Waals surface area contributed by atoms with Crippen LogP contribution >= 0.6 is 11.6 Å². The molecule has 2 aromatic carbocycles. The molecule has 0 aliphatic carbocycles. The molecule has 5 rings (SSSR count). The van der Waals surface area contributed by atoms with Crippen LogP contribution in [0.5, 0.6) is 11.6 Å². The van der Waals surface area contributed by atoms with E-state index in [0.717, 1.165) is 10.9 Å². The van der Waals surface area contributed by atoms with Crippen LogP contribution in [-0.4, -0.2) is 71.9 Å². The molecule has 11 heteroatoms. The van der Waals surface area contributed by atoms with Gasteiger partial charge in [-0.1, -0.05) is 23.7 Å². The first-order valence-electron chi connectivity index (χ1n) is 12.9. The van der Waals surface area contributed by atoms with Gasteiger partial charge in [0.15, 0.2) is 11.6 Å². The number of ether oxygens (including phenoxy) is 3. The van der Waals surface area contributed by atoms with E-state index in [4.69, 9.17) is 25.8 Å². The maximum Gasteiger partial charge on any atom is 0.410 e. The molecule has 1 saturated heterocycles. The summed E-state index contributed by atoms with van der Waals surface area (Å²) in [5.74, 6) is 0.500. The van der Waals surface area contributed by atoms with Gasteiger partial charge in [-0.3, -0.25) is 0 Å². The second-order valence-electron chi connectivity index (χ2n) is 10.6. The monoisotopic (exact) mass is 567 g/mol. The van der Waals surface area contributed by atoms with E-state index in [1.165, 1.54) is 20.5 Å². The second kappa shape index (κ2) is 10.6. The number of fused-ring (bicyclic) bond motifs is 2. The zero-order valence-electron chi connectivity index (χ0n) is 23.3. The summed E-state index contributed by atoms with van der Waals surface area (Å²) >= 11 is 6.96. The largest absolute Gasteiger partial charge is 0.494 e. The van der Waals surface area contributed by atoms with Crippen molar-refractivity contribution in [3.63, 3.8) is 0 Å². The molecule has 0 atom stereocenters. The van der Waals surface area contributed by atoms with Crippen molar-refractivity contribution in [2.24, 2.45) is 0 Å². The first-order chi connectivity index (χ1) is 19.1. The van der Waals surface area contributed by atoms with Crippen LogP contribution in [0.15, 0.2) is 30.7 Å². The molecule has 4 aromatic rings. The topological polar surface area (TPSA) is 89.9 Å². The number of piperazine rings is 1. The lowest BCUT2D eigenvalue weighted by Gasteiger charge is -2.36. The molecule has 2 aromatic heterocycles. The van der Waals surface area contributed by atoms with Crippen LogP contribution < -0.4 is 14.4 Å². The Morgan fingerprint density at radius 2 is 1.70 bits per heavy atom. The highest BCUT2D eigenvalue weighted by molar-refractivity contribution is 6.37. The minimum atomic E-state index is -0.599. The molecular weight excluding hydrogens is 537 g/mol. The van der Waals surface area contributed by atoms with Crippen LogP contribution in [0.1, 0.15) is 26.3 Å². The molecule has 1 aliphatic rings. The molecule has 0 N–H and O–H groups in total. The quantitative estimate of drug-likeness (QED) is 0.296.